The fraction of sp³-hybridized carbons (Fsp3) is 0.167. The van der Waals surface area contributed by atoms with E-state index in [0.29, 0.717) is 0 Å². The Balaban J connectivity index is 3.17. The zero-order valence-electron chi connectivity index (χ0n) is 5.06. The molecule has 1 aromatic heterocycles. The van der Waals surface area contributed by atoms with Crippen molar-refractivity contribution in [1.29, 1.82) is 0 Å². The molecule has 0 aliphatic heterocycles. The van der Waals surface area contributed by atoms with Crippen LogP contribution in [0.4, 0.5) is 0 Å². The Kier molecular flexibility index (Phi) is 2.20. The first kappa shape index (κ1) is 7.17. The second-order valence-corrected chi connectivity index (χ2v) is 3.27. The van der Waals surface area contributed by atoms with Crippen LogP contribution in [0.1, 0.15) is 5.56 Å². The van der Waals surface area contributed by atoms with Gasteiger partial charge in [0.15, 0.2) is 0 Å². The lowest BCUT2D eigenvalue weighted by molar-refractivity contribution is 1.25. The van der Waals surface area contributed by atoms with Gasteiger partial charge in [-0.2, -0.15) is 0 Å². The third kappa shape index (κ3) is 1.74. The summed E-state index contributed by atoms with van der Waals surface area (Å²) in [4.78, 5) is 4.07. The van der Waals surface area contributed by atoms with Crippen LogP contribution in [0.3, 0.4) is 0 Å². The summed E-state index contributed by atoms with van der Waals surface area (Å²) >= 11 is 3.30. The Labute approximate surface area is 65.2 Å². The van der Waals surface area contributed by atoms with Crippen molar-refractivity contribution >= 4 is 30.5 Å². The molecule has 0 aromatic carbocycles. The lowest BCUT2D eigenvalue weighted by Crippen LogP contribution is -1.95. The molecule has 0 fully saturated rings. The summed E-state index contributed by atoms with van der Waals surface area (Å²) in [6, 6.07) is 2.06. The van der Waals surface area contributed by atoms with Gasteiger partial charge >= 0.3 is 0 Å². The maximum Gasteiger partial charge on any atom is 0.113 e. The number of aromatic nitrogens is 1. The van der Waals surface area contributed by atoms with E-state index in [1.165, 1.54) is 5.56 Å². The smallest absolute Gasteiger partial charge is 0.113 e. The lowest BCUT2D eigenvalue weighted by atomic mass is 10.3. The van der Waals surface area contributed by atoms with Gasteiger partial charge in [0.2, 0.25) is 0 Å². The number of hydrogen-bond donors (Lipinski definition) is 0. The molecule has 0 spiro atoms. The average molecular weight is 204 g/mol. The SMILES string of the molecule is Cc1cnc(Br)c(P)c1. The number of nitrogens with zero attached hydrogens (tertiary/aromatic N) is 1. The number of rotatable bonds is 0. The summed E-state index contributed by atoms with van der Waals surface area (Å²) < 4.78 is 0.901. The molecular formula is C6H7BrNP. The average Bonchev–Trinajstić information content (AvgIpc) is 1.80. The van der Waals surface area contributed by atoms with Crippen molar-refractivity contribution in [3.05, 3.63) is 22.4 Å². The van der Waals surface area contributed by atoms with E-state index in [1.54, 1.807) is 0 Å². The normalized spacial score (nSPS) is 9.67. The molecule has 1 aromatic rings. The van der Waals surface area contributed by atoms with E-state index >= 15 is 0 Å². The van der Waals surface area contributed by atoms with Crippen molar-refractivity contribution in [3.63, 3.8) is 0 Å². The number of aryl methyl sites for hydroxylation is 1. The number of hydrogen-bond acceptors (Lipinski definition) is 1. The minimum atomic E-state index is 0.901. The first-order chi connectivity index (χ1) is 4.20. The second kappa shape index (κ2) is 2.76. The molecule has 0 saturated heterocycles. The Morgan fingerprint density at radius 1 is 1.67 bits per heavy atom. The number of halogens is 1. The van der Waals surface area contributed by atoms with Gasteiger partial charge in [-0.25, -0.2) is 4.98 Å². The predicted octanol–water partition coefficient (Wildman–Crippen LogP) is 1.65. The molecule has 1 unspecified atom stereocenters. The summed E-state index contributed by atoms with van der Waals surface area (Å²) in [5, 5.41) is 1.11. The molecule has 0 radical (unpaired) electrons. The Morgan fingerprint density at radius 3 is 2.78 bits per heavy atom. The molecule has 48 valence electrons. The zero-order chi connectivity index (χ0) is 6.85. The molecule has 0 amide bonds. The monoisotopic (exact) mass is 203 g/mol. The van der Waals surface area contributed by atoms with Gasteiger partial charge in [-0.15, -0.1) is 9.24 Å². The van der Waals surface area contributed by atoms with E-state index in [9.17, 15) is 0 Å². The molecule has 0 aliphatic rings. The highest BCUT2D eigenvalue weighted by molar-refractivity contribution is 9.10. The topological polar surface area (TPSA) is 12.9 Å². The Hall–Kier alpha value is 0.0600. The van der Waals surface area contributed by atoms with Crippen LogP contribution >= 0.6 is 25.2 Å². The molecule has 0 saturated carbocycles. The van der Waals surface area contributed by atoms with Gasteiger partial charge in [0.05, 0.1) is 0 Å². The fourth-order valence-corrected chi connectivity index (χ4v) is 1.13. The molecule has 9 heavy (non-hydrogen) atoms. The molecular weight excluding hydrogens is 197 g/mol. The van der Waals surface area contributed by atoms with E-state index in [-0.39, 0.29) is 0 Å². The minimum absolute atomic E-state index is 0.901. The van der Waals surface area contributed by atoms with Crippen LogP contribution in [-0.2, 0) is 0 Å². The molecule has 0 bridgehead atoms. The third-order valence-electron chi connectivity index (χ3n) is 1.00. The zero-order valence-corrected chi connectivity index (χ0v) is 7.80. The van der Waals surface area contributed by atoms with Crippen LogP contribution < -0.4 is 5.30 Å². The summed E-state index contributed by atoms with van der Waals surface area (Å²) in [6.45, 7) is 2.02. The maximum absolute atomic E-state index is 4.07. The number of pyridine rings is 1. The van der Waals surface area contributed by atoms with Gasteiger partial charge in [0.25, 0.3) is 0 Å². The van der Waals surface area contributed by atoms with Crippen molar-refractivity contribution in [3.8, 4) is 0 Å². The van der Waals surface area contributed by atoms with E-state index in [0.717, 1.165) is 9.91 Å². The summed E-state index contributed by atoms with van der Waals surface area (Å²) in [6.07, 6.45) is 1.83. The van der Waals surface area contributed by atoms with Crippen LogP contribution in [0, 0.1) is 6.92 Å². The van der Waals surface area contributed by atoms with Crippen molar-refractivity contribution in [2.75, 3.05) is 0 Å². The first-order valence-electron chi connectivity index (χ1n) is 2.58. The van der Waals surface area contributed by atoms with Crippen LogP contribution in [-0.4, -0.2) is 4.98 Å². The predicted molar refractivity (Wildman–Crippen MR) is 46.0 cm³/mol. The van der Waals surface area contributed by atoms with Crippen LogP contribution in [0.5, 0.6) is 0 Å². The largest absolute Gasteiger partial charge is 0.248 e. The third-order valence-corrected chi connectivity index (χ3v) is 2.53. The maximum atomic E-state index is 4.07. The van der Waals surface area contributed by atoms with Gasteiger partial charge in [-0.3, -0.25) is 0 Å². The first-order valence-corrected chi connectivity index (χ1v) is 3.95. The molecule has 1 atom stereocenters. The fourth-order valence-electron chi connectivity index (χ4n) is 0.575. The van der Waals surface area contributed by atoms with E-state index in [2.05, 4.69) is 36.2 Å². The van der Waals surface area contributed by atoms with Crippen molar-refractivity contribution < 1.29 is 0 Å². The molecule has 1 heterocycles. The van der Waals surface area contributed by atoms with Gasteiger partial charge in [-0.05, 0) is 34.5 Å². The van der Waals surface area contributed by atoms with Gasteiger partial charge in [0, 0.05) is 11.5 Å². The summed E-state index contributed by atoms with van der Waals surface area (Å²) in [7, 11) is 2.61. The summed E-state index contributed by atoms with van der Waals surface area (Å²) in [5.74, 6) is 0. The standard InChI is InChI=1S/C6H7BrNP/c1-4-2-5(9)6(7)8-3-4/h2-3H,9H2,1H3. The highest BCUT2D eigenvalue weighted by atomic mass is 79.9. The summed E-state index contributed by atoms with van der Waals surface area (Å²) in [5.41, 5.74) is 1.18. The Bertz CT molecular complexity index is 224. The van der Waals surface area contributed by atoms with E-state index < -0.39 is 0 Å². The van der Waals surface area contributed by atoms with Gasteiger partial charge in [-0.1, -0.05) is 0 Å². The molecule has 3 heteroatoms. The molecule has 0 N–H and O–H groups in total. The highest BCUT2D eigenvalue weighted by Gasteiger charge is 1.92. The van der Waals surface area contributed by atoms with Gasteiger partial charge in [0.1, 0.15) is 4.60 Å². The van der Waals surface area contributed by atoms with Crippen LogP contribution in [0.15, 0.2) is 16.9 Å². The van der Waals surface area contributed by atoms with Crippen molar-refractivity contribution in [2.45, 2.75) is 6.92 Å². The quantitative estimate of drug-likeness (QED) is 0.462. The minimum Gasteiger partial charge on any atom is -0.248 e. The molecule has 1 nitrogen and oxygen atoms in total. The van der Waals surface area contributed by atoms with Crippen LogP contribution in [0.2, 0.25) is 0 Å². The van der Waals surface area contributed by atoms with Crippen molar-refractivity contribution in [1.82, 2.24) is 4.98 Å². The second-order valence-electron chi connectivity index (χ2n) is 1.89. The van der Waals surface area contributed by atoms with E-state index in [1.807, 2.05) is 13.1 Å². The molecule has 1 rings (SSSR count). The highest BCUT2D eigenvalue weighted by Crippen LogP contribution is 2.06. The molecule has 0 aliphatic carbocycles. The lowest BCUT2D eigenvalue weighted by Gasteiger charge is -1.95. The van der Waals surface area contributed by atoms with Crippen molar-refractivity contribution in [2.24, 2.45) is 0 Å². The Morgan fingerprint density at radius 2 is 2.33 bits per heavy atom. The van der Waals surface area contributed by atoms with Crippen LogP contribution in [0.25, 0.3) is 0 Å². The van der Waals surface area contributed by atoms with Gasteiger partial charge < -0.3 is 0 Å². The van der Waals surface area contributed by atoms with E-state index in [4.69, 9.17) is 0 Å².